The standard InChI is InChI=1S/C9H16N6O2/c1-9(2,3)5(16)17-4-12-8-14-6(10)13-7(11)15-8/h4H2,1-3H3,(H5,10,11,12,13,14,15). The van der Waals surface area contributed by atoms with E-state index in [0.29, 0.717) is 0 Å². The molecule has 0 atom stereocenters. The quantitative estimate of drug-likeness (QED) is 0.497. The number of carbonyl (C=O) groups is 1. The van der Waals surface area contributed by atoms with E-state index in [0.717, 1.165) is 0 Å². The number of esters is 1. The topological polar surface area (TPSA) is 129 Å². The Hall–Kier alpha value is -2.12. The van der Waals surface area contributed by atoms with Gasteiger partial charge in [-0.1, -0.05) is 0 Å². The average molecular weight is 240 g/mol. The molecule has 1 aromatic heterocycles. The number of aromatic nitrogens is 3. The van der Waals surface area contributed by atoms with E-state index in [2.05, 4.69) is 20.3 Å². The van der Waals surface area contributed by atoms with Crippen LogP contribution in [0.25, 0.3) is 0 Å². The van der Waals surface area contributed by atoms with E-state index >= 15 is 0 Å². The molecule has 0 aliphatic carbocycles. The number of ether oxygens (including phenoxy) is 1. The van der Waals surface area contributed by atoms with Crippen molar-refractivity contribution in [2.24, 2.45) is 5.41 Å². The average Bonchev–Trinajstić information content (AvgIpc) is 2.14. The molecule has 5 N–H and O–H groups in total. The Morgan fingerprint density at radius 1 is 1.24 bits per heavy atom. The van der Waals surface area contributed by atoms with Gasteiger partial charge in [-0.3, -0.25) is 4.79 Å². The molecule has 0 saturated carbocycles. The Kier molecular flexibility index (Phi) is 3.66. The number of hydrogen-bond acceptors (Lipinski definition) is 8. The largest absolute Gasteiger partial charge is 0.444 e. The number of nitrogens with one attached hydrogen (secondary N) is 1. The van der Waals surface area contributed by atoms with Crippen LogP contribution in [0.1, 0.15) is 20.8 Å². The number of anilines is 3. The lowest BCUT2D eigenvalue weighted by Gasteiger charge is -2.16. The predicted molar refractivity (Wildman–Crippen MR) is 62.7 cm³/mol. The van der Waals surface area contributed by atoms with Gasteiger partial charge in [0.05, 0.1) is 5.41 Å². The highest BCUT2D eigenvalue weighted by molar-refractivity contribution is 5.75. The molecule has 0 spiro atoms. The van der Waals surface area contributed by atoms with Gasteiger partial charge in [0.1, 0.15) is 0 Å². The van der Waals surface area contributed by atoms with Crippen LogP contribution >= 0.6 is 0 Å². The third-order valence-electron chi connectivity index (χ3n) is 1.72. The molecule has 0 aliphatic heterocycles. The van der Waals surface area contributed by atoms with Crippen molar-refractivity contribution < 1.29 is 9.53 Å². The van der Waals surface area contributed by atoms with Crippen molar-refractivity contribution in [2.75, 3.05) is 23.5 Å². The minimum atomic E-state index is -0.557. The lowest BCUT2D eigenvalue weighted by atomic mass is 9.98. The van der Waals surface area contributed by atoms with Gasteiger partial charge < -0.3 is 21.5 Å². The summed E-state index contributed by atoms with van der Waals surface area (Å²) in [6.45, 7) is 5.22. The summed E-state index contributed by atoms with van der Waals surface area (Å²) < 4.78 is 4.96. The lowest BCUT2D eigenvalue weighted by molar-refractivity contribution is -0.152. The van der Waals surface area contributed by atoms with Gasteiger partial charge in [0.2, 0.25) is 17.8 Å². The first-order chi connectivity index (χ1) is 7.79. The molecule has 0 bridgehead atoms. The highest BCUT2D eigenvalue weighted by Crippen LogP contribution is 2.14. The van der Waals surface area contributed by atoms with Crippen molar-refractivity contribution in [3.63, 3.8) is 0 Å². The number of rotatable bonds is 3. The number of hydrogen-bond donors (Lipinski definition) is 3. The summed E-state index contributed by atoms with van der Waals surface area (Å²) >= 11 is 0. The van der Waals surface area contributed by atoms with Gasteiger partial charge in [-0.2, -0.15) is 15.0 Å². The van der Waals surface area contributed by atoms with Crippen molar-refractivity contribution in [3.8, 4) is 0 Å². The lowest BCUT2D eigenvalue weighted by Crippen LogP contribution is -2.25. The first-order valence-electron chi connectivity index (χ1n) is 4.97. The van der Waals surface area contributed by atoms with E-state index in [1.807, 2.05) is 0 Å². The van der Waals surface area contributed by atoms with Crippen LogP contribution in [0.2, 0.25) is 0 Å². The van der Waals surface area contributed by atoms with E-state index in [1.54, 1.807) is 20.8 Å². The van der Waals surface area contributed by atoms with Crippen LogP contribution in [0, 0.1) is 5.41 Å². The Morgan fingerprint density at radius 3 is 2.24 bits per heavy atom. The maximum Gasteiger partial charge on any atom is 0.312 e. The molecule has 0 amide bonds. The molecule has 0 radical (unpaired) electrons. The van der Waals surface area contributed by atoms with Gasteiger partial charge >= 0.3 is 5.97 Å². The maximum absolute atomic E-state index is 11.4. The Labute approximate surface area is 98.8 Å². The Morgan fingerprint density at radius 2 is 1.76 bits per heavy atom. The highest BCUT2D eigenvalue weighted by Gasteiger charge is 2.22. The Balaban J connectivity index is 2.49. The number of nitrogens with zero attached hydrogens (tertiary/aromatic N) is 3. The number of carbonyl (C=O) groups excluding carboxylic acids is 1. The van der Waals surface area contributed by atoms with Gasteiger partial charge in [0.25, 0.3) is 0 Å². The van der Waals surface area contributed by atoms with Crippen molar-refractivity contribution in [2.45, 2.75) is 20.8 Å². The molecule has 8 heteroatoms. The molecule has 0 aromatic carbocycles. The van der Waals surface area contributed by atoms with E-state index in [9.17, 15) is 4.79 Å². The molecule has 17 heavy (non-hydrogen) atoms. The third kappa shape index (κ3) is 4.09. The van der Waals surface area contributed by atoms with Crippen molar-refractivity contribution in [3.05, 3.63) is 0 Å². The third-order valence-corrected chi connectivity index (χ3v) is 1.72. The fraction of sp³-hybridized carbons (Fsp3) is 0.556. The smallest absolute Gasteiger partial charge is 0.312 e. The van der Waals surface area contributed by atoms with Crippen molar-refractivity contribution in [1.82, 2.24) is 15.0 Å². The Bertz CT molecular complexity index is 394. The van der Waals surface area contributed by atoms with Gasteiger partial charge in [0, 0.05) is 0 Å². The molecule has 8 nitrogen and oxygen atoms in total. The summed E-state index contributed by atoms with van der Waals surface area (Å²) in [5, 5.41) is 2.66. The van der Waals surface area contributed by atoms with E-state index in [1.165, 1.54) is 0 Å². The summed E-state index contributed by atoms with van der Waals surface area (Å²) in [6.07, 6.45) is 0. The summed E-state index contributed by atoms with van der Waals surface area (Å²) in [5.74, 6) is -0.166. The maximum atomic E-state index is 11.4. The van der Waals surface area contributed by atoms with Crippen LogP contribution in [0.5, 0.6) is 0 Å². The van der Waals surface area contributed by atoms with Gasteiger partial charge in [-0.15, -0.1) is 0 Å². The van der Waals surface area contributed by atoms with Crippen LogP contribution in [-0.2, 0) is 9.53 Å². The van der Waals surface area contributed by atoms with Gasteiger partial charge in [0.15, 0.2) is 6.73 Å². The molecule has 0 saturated heterocycles. The predicted octanol–water partition coefficient (Wildman–Crippen LogP) is -0.00530. The normalized spacial score (nSPS) is 11.0. The first kappa shape index (κ1) is 12.9. The van der Waals surface area contributed by atoms with Crippen LogP contribution in [0.3, 0.4) is 0 Å². The van der Waals surface area contributed by atoms with Crippen LogP contribution in [0.4, 0.5) is 17.8 Å². The molecule has 1 heterocycles. The summed E-state index contributed by atoms with van der Waals surface area (Å²) in [7, 11) is 0. The fourth-order valence-electron chi connectivity index (χ4n) is 0.871. The van der Waals surface area contributed by atoms with Crippen LogP contribution in [0.15, 0.2) is 0 Å². The highest BCUT2D eigenvalue weighted by atomic mass is 16.5. The summed E-state index contributed by atoms with van der Waals surface area (Å²) in [5.41, 5.74) is 10.2. The second-order valence-electron chi connectivity index (χ2n) is 4.38. The number of nitrogens with two attached hydrogens (primary N) is 2. The van der Waals surface area contributed by atoms with Crippen molar-refractivity contribution in [1.29, 1.82) is 0 Å². The van der Waals surface area contributed by atoms with E-state index < -0.39 is 5.41 Å². The summed E-state index contributed by atoms with van der Waals surface area (Å²) in [6, 6.07) is 0. The van der Waals surface area contributed by atoms with Crippen LogP contribution < -0.4 is 16.8 Å². The molecule has 94 valence electrons. The molecule has 1 rings (SSSR count). The minimum Gasteiger partial charge on any atom is -0.444 e. The van der Waals surface area contributed by atoms with E-state index in [-0.39, 0.29) is 30.5 Å². The van der Waals surface area contributed by atoms with E-state index in [4.69, 9.17) is 16.2 Å². The SMILES string of the molecule is CC(C)(C)C(=O)OCNc1nc(N)nc(N)n1. The second kappa shape index (κ2) is 4.81. The zero-order valence-electron chi connectivity index (χ0n) is 10.0. The van der Waals surface area contributed by atoms with Gasteiger partial charge in [-0.05, 0) is 20.8 Å². The number of nitrogen functional groups attached to an aromatic ring is 2. The molecule has 1 aromatic rings. The molecular weight excluding hydrogens is 224 g/mol. The van der Waals surface area contributed by atoms with Crippen LogP contribution in [-0.4, -0.2) is 27.7 Å². The monoisotopic (exact) mass is 240 g/mol. The van der Waals surface area contributed by atoms with Crippen molar-refractivity contribution >= 4 is 23.8 Å². The van der Waals surface area contributed by atoms with Gasteiger partial charge in [-0.25, -0.2) is 0 Å². The zero-order valence-corrected chi connectivity index (χ0v) is 10.0. The second-order valence-corrected chi connectivity index (χ2v) is 4.38. The molecule has 0 fully saturated rings. The summed E-state index contributed by atoms with van der Waals surface area (Å²) in [4.78, 5) is 22.6. The molecule has 0 aliphatic rings. The molecular formula is C9H16N6O2. The molecule has 0 unspecified atom stereocenters. The first-order valence-corrected chi connectivity index (χ1v) is 4.97. The minimum absolute atomic E-state index is 0.00199. The fourth-order valence-corrected chi connectivity index (χ4v) is 0.871. The zero-order chi connectivity index (χ0) is 13.1.